The van der Waals surface area contributed by atoms with E-state index in [9.17, 15) is 9.18 Å². The average molecular weight is 334 g/mol. The second-order valence-electron chi connectivity index (χ2n) is 6.64. The lowest BCUT2D eigenvalue weighted by Gasteiger charge is -2.31. The van der Waals surface area contributed by atoms with Crippen LogP contribution in [-0.2, 0) is 11.3 Å². The average Bonchev–Trinajstić information content (AvgIpc) is 3.03. The highest BCUT2D eigenvalue weighted by Gasteiger charge is 2.27. The molecule has 1 heterocycles. The minimum Gasteiger partial charge on any atom is -0.488 e. The van der Waals surface area contributed by atoms with Gasteiger partial charge in [0.15, 0.2) is 11.6 Å². The fourth-order valence-electron chi connectivity index (χ4n) is 2.07. The van der Waals surface area contributed by atoms with Crippen LogP contribution in [0, 0.1) is 11.2 Å². The molecule has 0 aliphatic rings. The number of aromatic nitrogens is 3. The predicted octanol–water partition coefficient (Wildman–Crippen LogP) is 2.42. The number of halogens is 1. The number of nitrogens with zero attached hydrogens (tertiary/aromatic N) is 3. The maximum Gasteiger partial charge on any atom is 0.222 e. The summed E-state index contributed by atoms with van der Waals surface area (Å²) in [5.41, 5.74) is -0.228. The number of benzene rings is 1. The molecule has 0 bridgehead atoms. The van der Waals surface area contributed by atoms with E-state index in [0.29, 0.717) is 6.54 Å². The molecule has 1 N–H and O–H groups in total. The van der Waals surface area contributed by atoms with Gasteiger partial charge in [0, 0.05) is 6.42 Å². The molecule has 1 aromatic heterocycles. The van der Waals surface area contributed by atoms with Gasteiger partial charge in [-0.2, -0.15) is 5.10 Å². The first-order chi connectivity index (χ1) is 11.4. The lowest BCUT2D eigenvalue weighted by molar-refractivity contribution is -0.123. The molecule has 0 fully saturated rings. The summed E-state index contributed by atoms with van der Waals surface area (Å²) in [5.74, 6) is -0.339. The molecule has 2 aromatic rings. The van der Waals surface area contributed by atoms with Crippen molar-refractivity contribution in [3.63, 3.8) is 0 Å². The Labute approximate surface area is 141 Å². The van der Waals surface area contributed by atoms with Gasteiger partial charge < -0.3 is 10.1 Å². The summed E-state index contributed by atoms with van der Waals surface area (Å²) in [5, 5.41) is 6.92. The zero-order valence-corrected chi connectivity index (χ0v) is 14.2. The maximum absolute atomic E-state index is 13.6. The fraction of sp³-hybridized carbons (Fsp3) is 0.471. The van der Waals surface area contributed by atoms with Crippen molar-refractivity contribution >= 4 is 5.91 Å². The number of rotatable bonds is 7. The Bertz CT molecular complexity index is 653. The number of aryl methyl sites for hydroxylation is 1. The van der Waals surface area contributed by atoms with Crippen molar-refractivity contribution in [1.29, 1.82) is 0 Å². The highest BCUT2D eigenvalue weighted by molar-refractivity contribution is 5.76. The molecule has 24 heavy (non-hydrogen) atoms. The van der Waals surface area contributed by atoms with Crippen LogP contribution in [0.2, 0.25) is 0 Å². The van der Waals surface area contributed by atoms with Crippen LogP contribution in [0.1, 0.15) is 27.2 Å². The SMILES string of the molecule is CC(C)(C)[C@H](COc1ccccc1F)NC(=O)CCn1cncn1. The molecule has 6 nitrogen and oxygen atoms in total. The smallest absolute Gasteiger partial charge is 0.222 e. The molecule has 0 saturated carbocycles. The molecule has 0 spiro atoms. The van der Waals surface area contributed by atoms with E-state index in [2.05, 4.69) is 15.4 Å². The Morgan fingerprint density at radius 1 is 1.38 bits per heavy atom. The standard InChI is InChI=1S/C17H23FN4O2/c1-17(2,3)15(10-24-14-7-5-4-6-13(14)18)21-16(23)8-9-22-12-19-11-20-22/h4-7,11-12,15H,8-10H2,1-3H3,(H,21,23)/t15-/m0/s1. The van der Waals surface area contributed by atoms with Gasteiger partial charge >= 0.3 is 0 Å². The molecule has 0 aliphatic heterocycles. The van der Waals surface area contributed by atoms with Crippen molar-refractivity contribution in [2.45, 2.75) is 39.8 Å². The van der Waals surface area contributed by atoms with Crippen molar-refractivity contribution in [1.82, 2.24) is 20.1 Å². The van der Waals surface area contributed by atoms with E-state index in [1.165, 1.54) is 12.4 Å². The van der Waals surface area contributed by atoms with Gasteiger partial charge in [0.2, 0.25) is 5.91 Å². The van der Waals surface area contributed by atoms with Gasteiger partial charge in [0.25, 0.3) is 0 Å². The lowest BCUT2D eigenvalue weighted by atomic mass is 9.87. The van der Waals surface area contributed by atoms with Gasteiger partial charge in [-0.3, -0.25) is 9.48 Å². The van der Waals surface area contributed by atoms with Crippen molar-refractivity contribution in [2.75, 3.05) is 6.61 Å². The van der Waals surface area contributed by atoms with Crippen LogP contribution < -0.4 is 10.1 Å². The number of carbonyl (C=O) groups is 1. The summed E-state index contributed by atoms with van der Waals surface area (Å²) in [7, 11) is 0. The summed E-state index contributed by atoms with van der Waals surface area (Å²) < 4.78 is 20.8. The number of nitrogens with one attached hydrogen (secondary N) is 1. The molecule has 1 atom stereocenters. The number of ether oxygens (including phenoxy) is 1. The molecule has 2 rings (SSSR count). The highest BCUT2D eigenvalue weighted by atomic mass is 19.1. The number of hydrogen-bond donors (Lipinski definition) is 1. The first kappa shape index (κ1) is 17.9. The zero-order valence-electron chi connectivity index (χ0n) is 14.2. The first-order valence-corrected chi connectivity index (χ1v) is 7.85. The third kappa shape index (κ3) is 5.33. The van der Waals surface area contributed by atoms with Crippen LogP contribution in [0.4, 0.5) is 4.39 Å². The number of amides is 1. The largest absolute Gasteiger partial charge is 0.488 e. The molecule has 1 aromatic carbocycles. The molecule has 0 radical (unpaired) electrons. The fourth-order valence-corrected chi connectivity index (χ4v) is 2.07. The summed E-state index contributed by atoms with van der Waals surface area (Å²) in [6.07, 6.45) is 3.28. The molecule has 1 amide bonds. The van der Waals surface area contributed by atoms with Gasteiger partial charge in [0.05, 0.1) is 12.6 Å². The second kappa shape index (κ2) is 7.90. The van der Waals surface area contributed by atoms with Gasteiger partial charge in [-0.15, -0.1) is 0 Å². The minimum atomic E-state index is -0.414. The normalized spacial score (nSPS) is 12.7. The molecular formula is C17H23FN4O2. The van der Waals surface area contributed by atoms with Crippen molar-refractivity contribution < 1.29 is 13.9 Å². The van der Waals surface area contributed by atoms with Crippen molar-refractivity contribution in [3.05, 3.63) is 42.7 Å². The number of carbonyl (C=O) groups excluding carboxylic acids is 1. The topological polar surface area (TPSA) is 69.0 Å². The van der Waals surface area contributed by atoms with E-state index in [1.54, 1.807) is 29.2 Å². The Kier molecular flexibility index (Phi) is 5.89. The third-order valence-electron chi connectivity index (χ3n) is 3.66. The summed E-state index contributed by atoms with van der Waals surface area (Å²) in [4.78, 5) is 16.0. The number of para-hydroxylation sites is 1. The van der Waals surface area contributed by atoms with Crippen LogP contribution >= 0.6 is 0 Å². The third-order valence-corrected chi connectivity index (χ3v) is 3.66. The van der Waals surface area contributed by atoms with E-state index in [4.69, 9.17) is 4.74 Å². The van der Waals surface area contributed by atoms with Crippen molar-refractivity contribution in [3.8, 4) is 5.75 Å². The van der Waals surface area contributed by atoms with E-state index in [1.807, 2.05) is 20.8 Å². The lowest BCUT2D eigenvalue weighted by Crippen LogP contribution is -2.47. The second-order valence-corrected chi connectivity index (χ2v) is 6.64. The summed E-state index contributed by atoms with van der Waals surface area (Å²) in [6, 6.07) is 5.98. The van der Waals surface area contributed by atoms with Crippen molar-refractivity contribution in [2.24, 2.45) is 5.41 Å². The van der Waals surface area contributed by atoms with Crippen LogP contribution in [-0.4, -0.2) is 33.3 Å². The molecular weight excluding hydrogens is 311 g/mol. The molecule has 130 valence electrons. The van der Waals surface area contributed by atoms with Gasteiger partial charge in [-0.05, 0) is 17.5 Å². The van der Waals surface area contributed by atoms with Crippen LogP contribution in [0.25, 0.3) is 0 Å². The Morgan fingerprint density at radius 3 is 2.75 bits per heavy atom. The van der Waals surface area contributed by atoms with E-state index >= 15 is 0 Å². The minimum absolute atomic E-state index is 0.109. The Morgan fingerprint density at radius 2 is 2.12 bits per heavy atom. The monoisotopic (exact) mass is 334 g/mol. The summed E-state index contributed by atoms with van der Waals surface area (Å²) in [6.45, 7) is 6.65. The van der Waals surface area contributed by atoms with Crippen LogP contribution in [0.15, 0.2) is 36.9 Å². The quantitative estimate of drug-likeness (QED) is 0.844. The Balaban J connectivity index is 1.90. The number of hydrogen-bond acceptors (Lipinski definition) is 4. The molecule has 0 saturated heterocycles. The van der Waals surface area contributed by atoms with Crippen LogP contribution in [0.5, 0.6) is 5.75 Å². The summed E-state index contributed by atoms with van der Waals surface area (Å²) >= 11 is 0. The molecule has 0 unspecified atom stereocenters. The van der Waals surface area contributed by atoms with Crippen LogP contribution in [0.3, 0.4) is 0 Å². The van der Waals surface area contributed by atoms with Gasteiger partial charge in [-0.25, -0.2) is 9.37 Å². The van der Waals surface area contributed by atoms with Gasteiger partial charge in [-0.1, -0.05) is 32.9 Å². The maximum atomic E-state index is 13.6. The predicted molar refractivity (Wildman–Crippen MR) is 87.9 cm³/mol. The Hall–Kier alpha value is -2.44. The van der Waals surface area contributed by atoms with E-state index < -0.39 is 5.82 Å². The first-order valence-electron chi connectivity index (χ1n) is 7.85. The molecule has 7 heteroatoms. The van der Waals surface area contributed by atoms with Gasteiger partial charge in [0.1, 0.15) is 19.3 Å². The zero-order chi connectivity index (χ0) is 17.6. The van der Waals surface area contributed by atoms with E-state index in [-0.39, 0.29) is 36.1 Å². The highest BCUT2D eigenvalue weighted by Crippen LogP contribution is 2.22. The van der Waals surface area contributed by atoms with E-state index in [0.717, 1.165) is 0 Å². The molecule has 0 aliphatic carbocycles.